The van der Waals surface area contributed by atoms with E-state index in [-0.39, 0.29) is 6.61 Å². The third kappa shape index (κ3) is 4.86. The van der Waals surface area contributed by atoms with Crippen molar-refractivity contribution in [2.45, 2.75) is 12.8 Å². The summed E-state index contributed by atoms with van der Waals surface area (Å²) in [6.07, 6.45) is 2.49. The summed E-state index contributed by atoms with van der Waals surface area (Å²) in [6.45, 7) is 0.568. The van der Waals surface area contributed by atoms with Crippen LogP contribution in [0.4, 0.5) is 0 Å². The lowest BCUT2D eigenvalue weighted by Gasteiger charge is -2.16. The Balaban J connectivity index is 2.33. The molecular weight excluding hydrogens is 244 g/mol. The number of nitrogens with zero attached hydrogens (tertiary/aromatic N) is 1. The van der Waals surface area contributed by atoms with Gasteiger partial charge in [-0.2, -0.15) is 12.7 Å². The third-order valence-electron chi connectivity index (χ3n) is 2.28. The van der Waals surface area contributed by atoms with Gasteiger partial charge in [0, 0.05) is 33.2 Å². The first kappa shape index (κ1) is 14.2. The van der Waals surface area contributed by atoms with Crippen molar-refractivity contribution in [2.75, 3.05) is 26.7 Å². The van der Waals surface area contributed by atoms with Crippen molar-refractivity contribution in [3.8, 4) is 0 Å². The van der Waals surface area contributed by atoms with E-state index >= 15 is 0 Å². The van der Waals surface area contributed by atoms with E-state index < -0.39 is 10.2 Å². The Kier molecular flexibility index (Phi) is 5.63. The second-order valence-corrected chi connectivity index (χ2v) is 5.49. The van der Waals surface area contributed by atoms with E-state index in [0.717, 1.165) is 5.76 Å². The Morgan fingerprint density at radius 2 is 2.29 bits per heavy atom. The molecule has 0 amide bonds. The van der Waals surface area contributed by atoms with Crippen LogP contribution in [-0.4, -0.2) is 44.6 Å². The minimum Gasteiger partial charge on any atom is -0.469 e. The predicted molar refractivity (Wildman–Crippen MR) is 63.7 cm³/mol. The van der Waals surface area contributed by atoms with Crippen LogP contribution in [0.3, 0.4) is 0 Å². The van der Waals surface area contributed by atoms with Crippen LogP contribution in [0.2, 0.25) is 0 Å². The van der Waals surface area contributed by atoms with E-state index in [1.165, 1.54) is 11.4 Å². The SMILES string of the molecule is CN(CCCO)S(=O)(=O)NCCc1ccco1. The van der Waals surface area contributed by atoms with Gasteiger partial charge in [0.2, 0.25) is 0 Å². The molecule has 0 bridgehead atoms. The van der Waals surface area contributed by atoms with Gasteiger partial charge < -0.3 is 9.52 Å². The molecule has 0 aromatic carbocycles. The first-order chi connectivity index (χ1) is 8.06. The standard InChI is InChI=1S/C10H18N2O4S/c1-12(7-3-8-13)17(14,15)11-6-5-10-4-2-9-16-10/h2,4,9,11,13H,3,5-8H2,1H3. The summed E-state index contributed by atoms with van der Waals surface area (Å²) in [5.74, 6) is 0.741. The minimum absolute atomic E-state index is 0.0216. The first-order valence-corrected chi connectivity index (χ1v) is 6.84. The van der Waals surface area contributed by atoms with Gasteiger partial charge in [-0.15, -0.1) is 0 Å². The molecule has 0 fully saturated rings. The van der Waals surface area contributed by atoms with E-state index in [0.29, 0.717) is 25.9 Å². The molecule has 17 heavy (non-hydrogen) atoms. The molecule has 0 saturated carbocycles. The molecule has 0 aliphatic heterocycles. The fourth-order valence-electron chi connectivity index (χ4n) is 1.28. The van der Waals surface area contributed by atoms with Crippen LogP contribution in [0.15, 0.2) is 22.8 Å². The molecule has 2 N–H and O–H groups in total. The highest BCUT2D eigenvalue weighted by molar-refractivity contribution is 7.87. The molecule has 0 aliphatic carbocycles. The molecule has 0 radical (unpaired) electrons. The predicted octanol–water partition coefficient (Wildman–Crippen LogP) is -0.0293. The van der Waals surface area contributed by atoms with Gasteiger partial charge in [0.1, 0.15) is 5.76 Å². The van der Waals surface area contributed by atoms with E-state index in [9.17, 15) is 8.42 Å². The summed E-state index contributed by atoms with van der Waals surface area (Å²) in [5, 5.41) is 8.63. The van der Waals surface area contributed by atoms with Crippen molar-refractivity contribution >= 4 is 10.2 Å². The number of hydrogen-bond acceptors (Lipinski definition) is 4. The summed E-state index contributed by atoms with van der Waals surface area (Å²) >= 11 is 0. The molecule has 0 atom stereocenters. The molecule has 0 unspecified atom stereocenters. The lowest BCUT2D eigenvalue weighted by molar-refractivity contribution is 0.275. The van der Waals surface area contributed by atoms with Gasteiger partial charge in [-0.3, -0.25) is 0 Å². The zero-order valence-corrected chi connectivity index (χ0v) is 10.6. The van der Waals surface area contributed by atoms with Crippen molar-refractivity contribution in [1.29, 1.82) is 0 Å². The smallest absolute Gasteiger partial charge is 0.279 e. The van der Waals surface area contributed by atoms with Gasteiger partial charge in [0.05, 0.1) is 6.26 Å². The van der Waals surface area contributed by atoms with E-state index in [2.05, 4.69) is 4.72 Å². The number of aliphatic hydroxyl groups is 1. The van der Waals surface area contributed by atoms with Crippen molar-refractivity contribution < 1.29 is 17.9 Å². The second kappa shape index (κ2) is 6.75. The van der Waals surface area contributed by atoms with E-state index in [1.807, 2.05) is 0 Å². The normalized spacial score (nSPS) is 12.2. The average Bonchev–Trinajstić information content (AvgIpc) is 2.78. The van der Waals surface area contributed by atoms with Gasteiger partial charge >= 0.3 is 0 Å². The highest BCUT2D eigenvalue weighted by Crippen LogP contribution is 2.01. The van der Waals surface area contributed by atoms with Crippen LogP contribution in [0.1, 0.15) is 12.2 Å². The summed E-state index contributed by atoms with van der Waals surface area (Å²) in [4.78, 5) is 0. The fraction of sp³-hybridized carbons (Fsp3) is 0.600. The molecule has 0 aliphatic rings. The fourth-order valence-corrected chi connectivity index (χ4v) is 2.23. The molecule has 1 aromatic rings. The first-order valence-electron chi connectivity index (χ1n) is 5.40. The lowest BCUT2D eigenvalue weighted by Crippen LogP contribution is -2.39. The van der Waals surface area contributed by atoms with Crippen molar-refractivity contribution in [3.63, 3.8) is 0 Å². The quantitative estimate of drug-likeness (QED) is 0.689. The zero-order chi connectivity index (χ0) is 12.7. The Labute approximate surface area is 101 Å². The number of nitrogens with one attached hydrogen (secondary N) is 1. The Hall–Kier alpha value is -0.890. The molecule has 6 nitrogen and oxygen atoms in total. The zero-order valence-electron chi connectivity index (χ0n) is 9.80. The van der Waals surface area contributed by atoms with E-state index in [1.54, 1.807) is 18.4 Å². The van der Waals surface area contributed by atoms with Gasteiger partial charge in [-0.05, 0) is 18.6 Å². The van der Waals surface area contributed by atoms with Gasteiger partial charge in [-0.25, -0.2) is 4.72 Å². The topological polar surface area (TPSA) is 82.8 Å². The van der Waals surface area contributed by atoms with Crippen LogP contribution in [0.25, 0.3) is 0 Å². The molecule has 1 aromatic heterocycles. The third-order valence-corrected chi connectivity index (χ3v) is 3.85. The maximum Gasteiger partial charge on any atom is 0.279 e. The summed E-state index contributed by atoms with van der Waals surface area (Å²) in [6, 6.07) is 3.56. The number of rotatable bonds is 8. The number of hydrogen-bond donors (Lipinski definition) is 2. The van der Waals surface area contributed by atoms with Crippen LogP contribution < -0.4 is 4.72 Å². The number of furan rings is 1. The summed E-state index contributed by atoms with van der Waals surface area (Å²) < 4.78 is 32.1. The minimum atomic E-state index is -3.46. The second-order valence-electron chi connectivity index (χ2n) is 3.63. The van der Waals surface area contributed by atoms with Gasteiger partial charge in [0.15, 0.2) is 0 Å². The Bertz CT molecular complexity index is 402. The molecule has 1 heterocycles. The van der Waals surface area contributed by atoms with Crippen LogP contribution in [0, 0.1) is 0 Å². The van der Waals surface area contributed by atoms with Gasteiger partial charge in [-0.1, -0.05) is 0 Å². The molecule has 7 heteroatoms. The van der Waals surface area contributed by atoms with Crippen molar-refractivity contribution in [3.05, 3.63) is 24.2 Å². The van der Waals surface area contributed by atoms with Crippen LogP contribution >= 0.6 is 0 Å². The highest BCUT2D eigenvalue weighted by Gasteiger charge is 2.16. The molecule has 0 saturated heterocycles. The van der Waals surface area contributed by atoms with E-state index in [4.69, 9.17) is 9.52 Å². The highest BCUT2D eigenvalue weighted by atomic mass is 32.2. The maximum absolute atomic E-state index is 11.7. The molecular formula is C10H18N2O4S. The monoisotopic (exact) mass is 262 g/mol. The van der Waals surface area contributed by atoms with Crippen LogP contribution in [0.5, 0.6) is 0 Å². The van der Waals surface area contributed by atoms with Crippen molar-refractivity contribution in [2.24, 2.45) is 0 Å². The maximum atomic E-state index is 11.7. The molecule has 1 rings (SSSR count). The Morgan fingerprint density at radius 1 is 1.53 bits per heavy atom. The number of aliphatic hydroxyl groups excluding tert-OH is 1. The van der Waals surface area contributed by atoms with Crippen LogP contribution in [-0.2, 0) is 16.6 Å². The largest absolute Gasteiger partial charge is 0.469 e. The van der Waals surface area contributed by atoms with Gasteiger partial charge in [0.25, 0.3) is 10.2 Å². The molecule has 0 spiro atoms. The lowest BCUT2D eigenvalue weighted by atomic mass is 10.3. The molecule has 98 valence electrons. The Morgan fingerprint density at radius 3 is 2.88 bits per heavy atom. The van der Waals surface area contributed by atoms with Crippen molar-refractivity contribution in [1.82, 2.24) is 9.03 Å². The summed E-state index contributed by atoms with van der Waals surface area (Å²) in [7, 11) is -1.98. The summed E-state index contributed by atoms with van der Waals surface area (Å²) in [5.41, 5.74) is 0. The average molecular weight is 262 g/mol.